The number of carbonyl (C=O) groups is 2. The lowest BCUT2D eigenvalue weighted by Crippen LogP contribution is -2.32. The number of ether oxygens (including phenoxy) is 1. The van der Waals surface area contributed by atoms with Gasteiger partial charge in [-0.25, -0.2) is 0 Å². The van der Waals surface area contributed by atoms with E-state index in [4.69, 9.17) is 16.3 Å². The molecule has 6 heteroatoms. The number of hydrogen-bond donors (Lipinski definition) is 2. The molecule has 2 amide bonds. The Kier molecular flexibility index (Phi) is 6.26. The van der Waals surface area contributed by atoms with Crippen LogP contribution in [0.25, 0.3) is 0 Å². The number of benzene rings is 2. The predicted molar refractivity (Wildman–Crippen MR) is 102 cm³/mol. The molecule has 0 spiro atoms. The molecule has 0 bridgehead atoms. The average molecular weight is 373 g/mol. The Hall–Kier alpha value is -2.37. The molecule has 1 atom stereocenters. The van der Waals surface area contributed by atoms with Gasteiger partial charge in [0.1, 0.15) is 0 Å². The highest BCUT2D eigenvalue weighted by Crippen LogP contribution is 2.17. The molecule has 2 aromatic rings. The molecule has 3 rings (SSSR count). The van der Waals surface area contributed by atoms with Gasteiger partial charge in [0.2, 0.25) is 5.91 Å². The molecule has 136 valence electrons. The summed E-state index contributed by atoms with van der Waals surface area (Å²) >= 11 is 5.95. The van der Waals surface area contributed by atoms with Crippen LogP contribution in [0.15, 0.2) is 48.5 Å². The summed E-state index contributed by atoms with van der Waals surface area (Å²) in [6.07, 6.45) is 2.24. The summed E-state index contributed by atoms with van der Waals surface area (Å²) < 4.78 is 5.51. The smallest absolute Gasteiger partial charge is 0.253 e. The Balaban J connectivity index is 1.62. The molecule has 2 aromatic carbocycles. The fourth-order valence-electron chi connectivity index (χ4n) is 2.92. The van der Waals surface area contributed by atoms with Gasteiger partial charge in [-0.05, 0) is 42.7 Å². The molecule has 5 nitrogen and oxygen atoms in total. The van der Waals surface area contributed by atoms with Gasteiger partial charge < -0.3 is 15.4 Å². The second kappa shape index (κ2) is 8.83. The molecule has 2 N–H and O–H groups in total. The van der Waals surface area contributed by atoms with Gasteiger partial charge in [0, 0.05) is 18.2 Å². The molecule has 26 heavy (non-hydrogen) atoms. The first-order valence-electron chi connectivity index (χ1n) is 8.65. The quantitative estimate of drug-likeness (QED) is 0.816. The number of hydrogen-bond acceptors (Lipinski definition) is 3. The minimum Gasteiger partial charge on any atom is -0.376 e. The van der Waals surface area contributed by atoms with Crippen LogP contribution < -0.4 is 10.6 Å². The maximum absolute atomic E-state index is 12.5. The van der Waals surface area contributed by atoms with E-state index in [-0.39, 0.29) is 24.3 Å². The fourth-order valence-corrected chi connectivity index (χ4v) is 3.14. The van der Waals surface area contributed by atoms with Crippen LogP contribution in [0.4, 0.5) is 5.69 Å². The minimum absolute atomic E-state index is 0.0727. The lowest BCUT2D eigenvalue weighted by Gasteiger charge is -2.14. The summed E-state index contributed by atoms with van der Waals surface area (Å²) in [5.41, 5.74) is 1.74. The molecule has 0 aliphatic carbocycles. The van der Waals surface area contributed by atoms with Gasteiger partial charge in [-0.2, -0.15) is 0 Å². The Bertz CT molecular complexity index is 788. The average Bonchev–Trinajstić information content (AvgIpc) is 3.13. The first kappa shape index (κ1) is 18.4. The minimum atomic E-state index is -0.223. The van der Waals surface area contributed by atoms with E-state index in [1.54, 1.807) is 42.5 Å². The number of nitrogens with one attached hydrogen (secondary N) is 2. The Morgan fingerprint density at radius 1 is 1.15 bits per heavy atom. The van der Waals surface area contributed by atoms with E-state index in [9.17, 15) is 9.59 Å². The lowest BCUT2D eigenvalue weighted by molar-refractivity contribution is -0.115. The molecule has 0 radical (unpaired) electrons. The van der Waals surface area contributed by atoms with Crippen LogP contribution in [0.5, 0.6) is 0 Å². The number of rotatable bonds is 6. The molecule has 1 fully saturated rings. The van der Waals surface area contributed by atoms with E-state index in [2.05, 4.69) is 10.6 Å². The zero-order valence-corrected chi connectivity index (χ0v) is 15.1. The highest BCUT2D eigenvalue weighted by atomic mass is 35.5. The van der Waals surface area contributed by atoms with Gasteiger partial charge in [-0.3, -0.25) is 9.59 Å². The number of halogens is 1. The zero-order valence-electron chi connectivity index (χ0n) is 14.3. The van der Waals surface area contributed by atoms with Gasteiger partial charge in [0.25, 0.3) is 5.91 Å². The molecule has 0 aromatic heterocycles. The molecular formula is C20H21ClN2O3. The third kappa shape index (κ3) is 5.07. The zero-order chi connectivity index (χ0) is 18.4. The van der Waals surface area contributed by atoms with Crippen LogP contribution >= 0.6 is 11.6 Å². The van der Waals surface area contributed by atoms with Crippen molar-refractivity contribution in [2.24, 2.45) is 0 Å². The SMILES string of the molecule is O=C(Cc1cccc(Cl)c1)Nc1ccccc1C(=O)NCC1CCCO1. The van der Waals surface area contributed by atoms with E-state index in [0.717, 1.165) is 25.0 Å². The summed E-state index contributed by atoms with van der Waals surface area (Å²) in [6, 6.07) is 14.1. The van der Waals surface area contributed by atoms with Crippen molar-refractivity contribution in [1.82, 2.24) is 5.32 Å². The molecular weight excluding hydrogens is 352 g/mol. The third-order valence-electron chi connectivity index (χ3n) is 4.21. The van der Waals surface area contributed by atoms with Gasteiger partial charge >= 0.3 is 0 Å². The molecule has 1 saturated heterocycles. The van der Waals surface area contributed by atoms with E-state index in [1.807, 2.05) is 6.07 Å². The van der Waals surface area contributed by atoms with E-state index in [1.165, 1.54) is 0 Å². The standard InChI is InChI=1S/C20H21ClN2O3/c21-15-6-3-5-14(11-15)12-19(24)23-18-9-2-1-8-17(18)20(25)22-13-16-7-4-10-26-16/h1-3,5-6,8-9,11,16H,4,7,10,12-13H2,(H,22,25)(H,23,24). The second-order valence-electron chi connectivity index (χ2n) is 6.25. The van der Waals surface area contributed by atoms with Crippen LogP contribution in [0.2, 0.25) is 5.02 Å². The Morgan fingerprint density at radius 3 is 2.77 bits per heavy atom. The number of anilines is 1. The molecule has 0 saturated carbocycles. The van der Waals surface area contributed by atoms with E-state index >= 15 is 0 Å². The Morgan fingerprint density at radius 2 is 2.00 bits per heavy atom. The van der Waals surface area contributed by atoms with Gasteiger partial charge in [0.15, 0.2) is 0 Å². The molecule has 1 aliphatic rings. The normalized spacial score (nSPS) is 16.3. The third-order valence-corrected chi connectivity index (χ3v) is 4.45. The monoisotopic (exact) mass is 372 g/mol. The van der Waals surface area contributed by atoms with Gasteiger partial charge in [0.05, 0.1) is 23.8 Å². The van der Waals surface area contributed by atoms with Crippen LogP contribution in [-0.2, 0) is 16.0 Å². The number of amides is 2. The van der Waals surface area contributed by atoms with Crippen molar-refractivity contribution in [3.8, 4) is 0 Å². The topological polar surface area (TPSA) is 67.4 Å². The van der Waals surface area contributed by atoms with Crippen molar-refractivity contribution in [2.45, 2.75) is 25.4 Å². The molecule has 1 heterocycles. The first-order valence-corrected chi connectivity index (χ1v) is 9.03. The summed E-state index contributed by atoms with van der Waals surface area (Å²) in [6.45, 7) is 1.22. The van der Waals surface area contributed by atoms with Gasteiger partial charge in [-0.1, -0.05) is 35.9 Å². The fraction of sp³-hybridized carbons (Fsp3) is 0.300. The van der Waals surface area contributed by atoms with Crippen molar-refractivity contribution in [1.29, 1.82) is 0 Å². The van der Waals surface area contributed by atoms with Crippen molar-refractivity contribution >= 4 is 29.1 Å². The predicted octanol–water partition coefficient (Wildman–Crippen LogP) is 3.43. The van der Waals surface area contributed by atoms with Gasteiger partial charge in [-0.15, -0.1) is 0 Å². The van der Waals surface area contributed by atoms with Crippen LogP contribution in [0, 0.1) is 0 Å². The van der Waals surface area contributed by atoms with Crippen molar-refractivity contribution < 1.29 is 14.3 Å². The van der Waals surface area contributed by atoms with E-state index in [0.29, 0.717) is 22.8 Å². The summed E-state index contributed by atoms with van der Waals surface area (Å²) in [5.74, 6) is -0.425. The lowest BCUT2D eigenvalue weighted by atomic mass is 10.1. The summed E-state index contributed by atoms with van der Waals surface area (Å²) in [5, 5.41) is 6.28. The maximum Gasteiger partial charge on any atom is 0.253 e. The highest BCUT2D eigenvalue weighted by molar-refractivity contribution is 6.30. The number of carbonyl (C=O) groups excluding carboxylic acids is 2. The van der Waals surface area contributed by atoms with Crippen molar-refractivity contribution in [3.63, 3.8) is 0 Å². The highest BCUT2D eigenvalue weighted by Gasteiger charge is 2.18. The maximum atomic E-state index is 12.5. The summed E-state index contributed by atoms with van der Waals surface area (Å²) in [7, 11) is 0. The van der Waals surface area contributed by atoms with E-state index < -0.39 is 0 Å². The first-order chi connectivity index (χ1) is 12.6. The Labute approximate surface area is 157 Å². The van der Waals surface area contributed by atoms with Crippen molar-refractivity contribution in [3.05, 3.63) is 64.7 Å². The van der Waals surface area contributed by atoms with Crippen LogP contribution in [0.3, 0.4) is 0 Å². The largest absolute Gasteiger partial charge is 0.376 e. The van der Waals surface area contributed by atoms with Crippen molar-refractivity contribution in [2.75, 3.05) is 18.5 Å². The summed E-state index contributed by atoms with van der Waals surface area (Å²) in [4.78, 5) is 24.8. The second-order valence-corrected chi connectivity index (χ2v) is 6.68. The molecule has 1 aliphatic heterocycles. The number of para-hydroxylation sites is 1. The molecule has 1 unspecified atom stereocenters. The van der Waals surface area contributed by atoms with Crippen LogP contribution in [-0.4, -0.2) is 31.1 Å². The van der Waals surface area contributed by atoms with Crippen LogP contribution in [0.1, 0.15) is 28.8 Å².